The number of rotatable bonds is 6. The third-order valence-electron chi connectivity index (χ3n) is 7.58. The summed E-state index contributed by atoms with van der Waals surface area (Å²) in [4.78, 5) is 43.0. The van der Waals surface area contributed by atoms with Crippen LogP contribution >= 0.6 is 0 Å². The summed E-state index contributed by atoms with van der Waals surface area (Å²) in [6.45, 7) is 4.36. The monoisotopic (exact) mass is 490 g/mol. The Morgan fingerprint density at radius 1 is 1.03 bits per heavy atom. The molecule has 1 aromatic carbocycles. The van der Waals surface area contributed by atoms with Crippen LogP contribution in [0.5, 0.6) is 0 Å². The van der Waals surface area contributed by atoms with Crippen molar-refractivity contribution in [3.8, 4) is 0 Å². The first-order chi connectivity index (χ1) is 17.5. The van der Waals surface area contributed by atoms with Gasteiger partial charge in [-0.2, -0.15) is 0 Å². The molecule has 0 radical (unpaired) electrons. The first-order valence-corrected chi connectivity index (χ1v) is 12.9. The van der Waals surface area contributed by atoms with Crippen LogP contribution in [0.25, 0.3) is 11.0 Å². The summed E-state index contributed by atoms with van der Waals surface area (Å²) in [5.74, 6) is 1.19. The lowest BCUT2D eigenvalue weighted by atomic mass is 9.83. The molecule has 0 N–H and O–H groups in total. The second kappa shape index (κ2) is 10.7. The smallest absolute Gasteiger partial charge is 0.274 e. The molecule has 2 saturated heterocycles. The molecule has 2 fully saturated rings. The number of hydrogen-bond donors (Lipinski definition) is 0. The highest BCUT2D eigenvalue weighted by molar-refractivity contribution is 5.92. The Hall–Kier alpha value is -3.33. The van der Waals surface area contributed by atoms with Crippen LogP contribution in [0.4, 0.5) is 0 Å². The minimum absolute atomic E-state index is 0.0481. The number of amides is 2. The SMILES string of the molecule is Cc1cnc(C(=O)N2CCC([C@H]3CCCCN3C(=O)COCc3nc4ccccc4n3C)CC2)cn1. The quantitative estimate of drug-likeness (QED) is 0.527. The van der Waals surface area contributed by atoms with E-state index >= 15 is 0 Å². The van der Waals surface area contributed by atoms with E-state index in [1.165, 1.54) is 0 Å². The van der Waals surface area contributed by atoms with Gasteiger partial charge in [0, 0.05) is 38.9 Å². The number of carbonyl (C=O) groups excluding carboxylic acids is 2. The average molecular weight is 491 g/mol. The van der Waals surface area contributed by atoms with Gasteiger partial charge >= 0.3 is 0 Å². The second-order valence-electron chi connectivity index (χ2n) is 9.89. The number of fused-ring (bicyclic) bond motifs is 1. The van der Waals surface area contributed by atoms with Crippen LogP contribution < -0.4 is 0 Å². The minimum atomic E-state index is -0.0622. The number of piperidine rings is 2. The summed E-state index contributed by atoms with van der Waals surface area (Å²) >= 11 is 0. The van der Waals surface area contributed by atoms with Crippen LogP contribution in [0.2, 0.25) is 0 Å². The molecule has 2 amide bonds. The summed E-state index contributed by atoms with van der Waals surface area (Å²) in [5, 5.41) is 0. The molecule has 0 aliphatic carbocycles. The van der Waals surface area contributed by atoms with E-state index in [1.54, 1.807) is 12.4 Å². The number of imidazole rings is 1. The molecule has 1 atom stereocenters. The first-order valence-electron chi connectivity index (χ1n) is 12.9. The lowest BCUT2D eigenvalue weighted by Gasteiger charge is -2.43. The molecule has 9 heteroatoms. The first kappa shape index (κ1) is 24.4. The van der Waals surface area contributed by atoms with Gasteiger partial charge < -0.3 is 19.1 Å². The second-order valence-corrected chi connectivity index (χ2v) is 9.89. The molecule has 0 unspecified atom stereocenters. The molecule has 2 aliphatic rings. The molecule has 2 aromatic heterocycles. The number of aromatic nitrogens is 4. The fourth-order valence-corrected chi connectivity index (χ4v) is 5.55. The summed E-state index contributed by atoms with van der Waals surface area (Å²) in [5.41, 5.74) is 3.17. The van der Waals surface area contributed by atoms with E-state index < -0.39 is 0 Å². The van der Waals surface area contributed by atoms with Gasteiger partial charge in [0.05, 0.1) is 22.9 Å². The summed E-state index contributed by atoms with van der Waals surface area (Å²) < 4.78 is 7.86. The third kappa shape index (κ3) is 5.11. The number of carbonyl (C=O) groups is 2. The van der Waals surface area contributed by atoms with Crippen molar-refractivity contribution in [2.45, 2.75) is 51.7 Å². The predicted molar refractivity (Wildman–Crippen MR) is 135 cm³/mol. The molecule has 5 rings (SSSR count). The van der Waals surface area contributed by atoms with Crippen molar-refractivity contribution in [2.75, 3.05) is 26.2 Å². The predicted octanol–water partition coefficient (Wildman–Crippen LogP) is 3.12. The zero-order valence-corrected chi connectivity index (χ0v) is 21.1. The van der Waals surface area contributed by atoms with Gasteiger partial charge in [-0.05, 0) is 57.1 Å². The van der Waals surface area contributed by atoms with Crippen LogP contribution in [-0.2, 0) is 23.2 Å². The van der Waals surface area contributed by atoms with Crippen molar-refractivity contribution in [3.63, 3.8) is 0 Å². The fraction of sp³-hybridized carbons (Fsp3) is 0.519. The lowest BCUT2D eigenvalue weighted by molar-refractivity contribution is -0.142. The Morgan fingerprint density at radius 3 is 2.58 bits per heavy atom. The molecule has 0 spiro atoms. The minimum Gasteiger partial charge on any atom is -0.364 e. The van der Waals surface area contributed by atoms with Gasteiger partial charge in [-0.3, -0.25) is 14.6 Å². The standard InChI is InChI=1S/C27H34N6O3/c1-19-15-29-22(16-28-19)27(35)32-13-10-20(11-14-32)23-8-5-6-12-33(23)26(34)18-36-17-25-30-21-7-3-4-9-24(21)31(25)2/h3-4,7,9,15-16,20,23H,5-6,8,10-14,17-18H2,1-2H3/t23-/m1/s1. The van der Waals surface area contributed by atoms with Crippen LogP contribution in [0.3, 0.4) is 0 Å². The molecule has 36 heavy (non-hydrogen) atoms. The topological polar surface area (TPSA) is 93.5 Å². The maximum Gasteiger partial charge on any atom is 0.274 e. The van der Waals surface area contributed by atoms with Crippen LogP contribution in [0, 0.1) is 12.8 Å². The van der Waals surface area contributed by atoms with Gasteiger partial charge in [0.15, 0.2) is 0 Å². The normalized spacial score (nSPS) is 19.1. The van der Waals surface area contributed by atoms with E-state index in [2.05, 4.69) is 15.0 Å². The molecule has 9 nitrogen and oxygen atoms in total. The zero-order chi connectivity index (χ0) is 25.1. The summed E-state index contributed by atoms with van der Waals surface area (Å²) in [6.07, 6.45) is 8.13. The van der Waals surface area contributed by atoms with E-state index in [0.717, 1.165) is 61.2 Å². The number of para-hydroxylation sites is 2. The number of hydrogen-bond acceptors (Lipinski definition) is 6. The molecule has 0 bridgehead atoms. The molecule has 3 aromatic rings. The summed E-state index contributed by atoms with van der Waals surface area (Å²) in [6, 6.07) is 8.18. The van der Waals surface area contributed by atoms with Gasteiger partial charge in [-0.25, -0.2) is 9.97 Å². The van der Waals surface area contributed by atoms with Crippen molar-refractivity contribution in [3.05, 3.63) is 53.9 Å². The van der Waals surface area contributed by atoms with Gasteiger partial charge in [0.25, 0.3) is 5.91 Å². The highest BCUT2D eigenvalue weighted by Crippen LogP contribution is 2.31. The third-order valence-corrected chi connectivity index (χ3v) is 7.58. The Labute approximate surface area is 211 Å². The summed E-state index contributed by atoms with van der Waals surface area (Å²) in [7, 11) is 1.97. The zero-order valence-electron chi connectivity index (χ0n) is 21.1. The number of benzene rings is 1. The number of aryl methyl sites for hydroxylation is 2. The maximum atomic E-state index is 13.2. The highest BCUT2D eigenvalue weighted by Gasteiger charge is 2.35. The molecule has 190 valence electrons. The van der Waals surface area contributed by atoms with Crippen molar-refractivity contribution < 1.29 is 14.3 Å². The van der Waals surface area contributed by atoms with Crippen molar-refractivity contribution in [2.24, 2.45) is 13.0 Å². The van der Waals surface area contributed by atoms with Crippen LogP contribution in [-0.4, -0.2) is 73.4 Å². The highest BCUT2D eigenvalue weighted by atomic mass is 16.5. The maximum absolute atomic E-state index is 13.2. The molecule has 0 saturated carbocycles. The van der Waals surface area contributed by atoms with Gasteiger partial charge in [0.1, 0.15) is 24.7 Å². The molecule has 4 heterocycles. The Kier molecular flexibility index (Phi) is 7.27. The van der Waals surface area contributed by atoms with Crippen LogP contribution in [0.1, 0.15) is 54.1 Å². The number of likely N-dealkylation sites (tertiary alicyclic amines) is 2. The Balaban J connectivity index is 1.15. The number of nitrogens with zero attached hydrogens (tertiary/aromatic N) is 6. The van der Waals surface area contributed by atoms with Gasteiger partial charge in [-0.1, -0.05) is 12.1 Å². The molecular formula is C27H34N6O3. The van der Waals surface area contributed by atoms with E-state index in [-0.39, 0.29) is 24.5 Å². The van der Waals surface area contributed by atoms with E-state index in [9.17, 15) is 9.59 Å². The van der Waals surface area contributed by atoms with E-state index in [0.29, 0.717) is 31.3 Å². The van der Waals surface area contributed by atoms with Gasteiger partial charge in [-0.15, -0.1) is 0 Å². The number of ether oxygens (including phenoxy) is 1. The Bertz CT molecular complexity index is 1220. The van der Waals surface area contributed by atoms with Crippen LogP contribution in [0.15, 0.2) is 36.7 Å². The Morgan fingerprint density at radius 2 is 1.83 bits per heavy atom. The van der Waals surface area contributed by atoms with E-state index in [4.69, 9.17) is 4.74 Å². The van der Waals surface area contributed by atoms with Crippen molar-refractivity contribution in [1.29, 1.82) is 0 Å². The van der Waals surface area contributed by atoms with E-state index in [1.807, 2.05) is 52.6 Å². The fourth-order valence-electron chi connectivity index (χ4n) is 5.55. The average Bonchev–Trinajstić information content (AvgIpc) is 3.24. The van der Waals surface area contributed by atoms with Gasteiger partial charge in [0.2, 0.25) is 5.91 Å². The van der Waals surface area contributed by atoms with Crippen molar-refractivity contribution in [1.82, 2.24) is 29.3 Å². The lowest BCUT2D eigenvalue weighted by Crippen LogP contribution is -2.51. The van der Waals surface area contributed by atoms with Crippen molar-refractivity contribution >= 4 is 22.8 Å². The largest absolute Gasteiger partial charge is 0.364 e. The molecule has 2 aliphatic heterocycles. The molecular weight excluding hydrogens is 456 g/mol.